The highest BCUT2D eigenvalue weighted by Crippen LogP contribution is 2.29. The molecule has 0 unspecified atom stereocenters. The smallest absolute Gasteiger partial charge is 0.131 e. The summed E-state index contributed by atoms with van der Waals surface area (Å²) in [6, 6.07) is 22.8. The van der Waals surface area contributed by atoms with Gasteiger partial charge in [-0.15, -0.1) is 15.3 Å². The summed E-state index contributed by atoms with van der Waals surface area (Å²) in [4.78, 5) is 0. The van der Waals surface area contributed by atoms with Crippen LogP contribution in [0.25, 0.3) is 0 Å². The second-order valence-electron chi connectivity index (χ2n) is 4.05. The first-order valence-electron chi connectivity index (χ1n) is 5.85. The Morgan fingerprint density at radius 2 is 1.29 bits per heavy atom. The fraction of sp³-hybridized carbons (Fsp3) is 0.200. The van der Waals surface area contributed by atoms with Gasteiger partial charge in [0.2, 0.25) is 0 Å². The maximum atomic E-state index is 3.55. The summed E-state index contributed by atoms with van der Waals surface area (Å²) >= 11 is 3.55. The van der Waals surface area contributed by atoms with E-state index < -0.39 is 0 Å². The van der Waals surface area contributed by atoms with E-state index in [-0.39, 0.29) is 0 Å². The average molecular weight is 303 g/mol. The number of halogens is 1. The largest absolute Gasteiger partial charge is 0.137 e. The second-order valence-corrected chi connectivity index (χ2v) is 6.50. The Kier molecular flexibility index (Phi) is 5.01. The number of benzene rings is 2. The maximum Gasteiger partial charge on any atom is 0.137 e. The lowest BCUT2D eigenvalue weighted by molar-refractivity contribution is 0.776. The third-order valence-corrected chi connectivity index (χ3v) is 4.60. The fourth-order valence-corrected chi connectivity index (χ4v) is 3.18. The molecule has 2 aromatic carbocycles. The zero-order chi connectivity index (χ0) is 11.9. The van der Waals surface area contributed by atoms with Crippen LogP contribution >= 0.6 is 15.3 Å². The lowest BCUT2D eigenvalue weighted by atomic mass is 9.89. The van der Waals surface area contributed by atoms with Crippen LogP contribution in [0.4, 0.5) is 0 Å². The van der Waals surface area contributed by atoms with E-state index in [1.54, 1.807) is 0 Å². The molecule has 86 valence electrons. The van der Waals surface area contributed by atoms with Crippen molar-refractivity contribution in [2.75, 3.05) is 0 Å². The molecule has 0 nitrogen and oxygen atoms in total. The first-order chi connectivity index (χ1) is 8.42. The lowest BCUT2D eigenvalue weighted by Gasteiger charge is -2.17. The van der Waals surface area contributed by atoms with E-state index in [0.717, 1.165) is 8.14 Å². The molecule has 2 radical (unpaired) electrons. The van der Waals surface area contributed by atoms with Gasteiger partial charge in [0.25, 0.3) is 0 Å². The minimum absolute atomic E-state index is 0.530. The Morgan fingerprint density at radius 3 is 1.71 bits per heavy atom. The highest BCUT2D eigenvalue weighted by molar-refractivity contribution is 9.23. The van der Waals surface area contributed by atoms with Crippen LogP contribution in [0.1, 0.15) is 23.5 Å². The Hall–Kier alpha value is -0.863. The summed E-state index contributed by atoms with van der Waals surface area (Å²) in [5.41, 5.74) is 2.84. The van der Waals surface area contributed by atoms with Crippen molar-refractivity contribution in [3.8, 4) is 0 Å². The van der Waals surface area contributed by atoms with Crippen LogP contribution in [0.3, 0.4) is 0 Å². The summed E-state index contributed by atoms with van der Waals surface area (Å²) in [5.74, 6) is 0.530. The molecule has 0 aromatic heterocycles. The van der Waals surface area contributed by atoms with Crippen LogP contribution in [0.5, 0.6) is 0 Å². The van der Waals surface area contributed by atoms with Gasteiger partial charge in [-0.05, 0) is 23.6 Å². The van der Waals surface area contributed by atoms with E-state index in [1.165, 1.54) is 23.6 Å². The quantitative estimate of drug-likeness (QED) is 0.557. The van der Waals surface area contributed by atoms with Gasteiger partial charge in [-0.25, -0.2) is 0 Å². The predicted octanol–water partition coefficient (Wildman–Crippen LogP) is 4.64. The van der Waals surface area contributed by atoms with Crippen molar-refractivity contribution in [2.45, 2.75) is 18.4 Å². The Balaban J connectivity index is 2.26. The number of rotatable bonds is 5. The zero-order valence-corrected chi connectivity index (χ0v) is 12.2. The average Bonchev–Trinajstić information content (AvgIpc) is 2.42. The minimum atomic E-state index is 0.530. The summed E-state index contributed by atoms with van der Waals surface area (Å²) in [5, 5.41) is 0. The Labute approximate surface area is 113 Å². The summed E-state index contributed by atoms with van der Waals surface area (Å²) in [6.07, 6.45) is 1.21. The predicted molar refractivity (Wildman–Crippen MR) is 78.8 cm³/mol. The zero-order valence-electron chi connectivity index (χ0n) is 9.64. The van der Waals surface area contributed by atoms with Gasteiger partial charge in [-0.2, -0.15) is 0 Å². The molecule has 0 aliphatic rings. The van der Waals surface area contributed by atoms with Crippen molar-refractivity contribution in [3.63, 3.8) is 0 Å². The summed E-state index contributed by atoms with van der Waals surface area (Å²) < 4.78 is 0. The van der Waals surface area contributed by atoms with Gasteiger partial charge in [0.15, 0.2) is 0 Å². The van der Waals surface area contributed by atoms with E-state index in [2.05, 4.69) is 76.0 Å². The monoisotopic (exact) mass is 302 g/mol. The molecule has 0 atom stereocenters. The Bertz CT molecular complexity index is 388. The van der Waals surface area contributed by atoms with Crippen molar-refractivity contribution in [2.24, 2.45) is 0 Å². The second kappa shape index (κ2) is 6.77. The van der Waals surface area contributed by atoms with Gasteiger partial charge >= 0.3 is 0 Å². The molecule has 0 aliphatic heterocycles. The molecule has 0 amide bonds. The van der Waals surface area contributed by atoms with Crippen molar-refractivity contribution < 1.29 is 0 Å². The van der Waals surface area contributed by atoms with Gasteiger partial charge in [0.05, 0.1) is 0 Å². The molecule has 0 bridgehead atoms. The van der Waals surface area contributed by atoms with Gasteiger partial charge in [-0.3, -0.25) is 0 Å². The van der Waals surface area contributed by atoms with Crippen LogP contribution in [0, 0.1) is 0 Å². The molecule has 2 aromatic rings. The van der Waals surface area contributed by atoms with E-state index >= 15 is 0 Å². The normalized spacial score (nSPS) is 10.7. The molecule has 0 heterocycles. The molecule has 0 saturated heterocycles. The summed E-state index contributed by atoms with van der Waals surface area (Å²) in [7, 11) is 0.853. The van der Waals surface area contributed by atoms with Gasteiger partial charge in [0, 0.05) is 5.92 Å². The highest BCUT2D eigenvalue weighted by Gasteiger charge is 2.12. The van der Waals surface area contributed by atoms with Gasteiger partial charge in [-0.1, -0.05) is 60.7 Å². The van der Waals surface area contributed by atoms with Gasteiger partial charge in [0.1, 0.15) is 8.14 Å². The SMILES string of the molecule is Br[Si]CCC(c1ccccc1)c1ccccc1. The highest BCUT2D eigenvalue weighted by atomic mass is 79.9. The first-order valence-corrected chi connectivity index (χ1v) is 9.31. The lowest BCUT2D eigenvalue weighted by Crippen LogP contribution is -2.01. The van der Waals surface area contributed by atoms with E-state index in [4.69, 9.17) is 0 Å². The third kappa shape index (κ3) is 3.55. The summed E-state index contributed by atoms with van der Waals surface area (Å²) in [6.45, 7) is 0. The van der Waals surface area contributed by atoms with Crippen LogP contribution in [-0.4, -0.2) is 8.14 Å². The maximum absolute atomic E-state index is 3.55. The fourth-order valence-electron chi connectivity index (χ4n) is 2.10. The molecule has 0 N–H and O–H groups in total. The molecule has 2 heteroatoms. The van der Waals surface area contributed by atoms with Crippen LogP contribution < -0.4 is 0 Å². The van der Waals surface area contributed by atoms with Crippen molar-refractivity contribution >= 4 is 23.4 Å². The Morgan fingerprint density at radius 1 is 0.824 bits per heavy atom. The van der Waals surface area contributed by atoms with Crippen LogP contribution in [0.2, 0.25) is 6.04 Å². The molecule has 0 spiro atoms. The molecular weight excluding hydrogens is 288 g/mol. The molecular formula is C15H15BrSi. The molecule has 0 aliphatic carbocycles. The van der Waals surface area contributed by atoms with E-state index in [9.17, 15) is 0 Å². The number of hydrogen-bond donors (Lipinski definition) is 0. The first kappa shape index (κ1) is 12.6. The number of hydrogen-bond acceptors (Lipinski definition) is 0. The van der Waals surface area contributed by atoms with Gasteiger partial charge < -0.3 is 0 Å². The van der Waals surface area contributed by atoms with Crippen molar-refractivity contribution in [1.29, 1.82) is 0 Å². The standard InChI is InChI=1S/C15H15BrSi/c16-17-12-11-15(13-7-3-1-4-8-13)14-9-5-2-6-10-14/h1-10,15H,11-12H2. The van der Waals surface area contributed by atoms with E-state index in [1.807, 2.05) is 0 Å². The molecule has 2 rings (SSSR count). The van der Waals surface area contributed by atoms with Crippen LogP contribution in [0.15, 0.2) is 60.7 Å². The molecule has 0 saturated carbocycles. The van der Waals surface area contributed by atoms with Crippen molar-refractivity contribution in [1.82, 2.24) is 0 Å². The third-order valence-electron chi connectivity index (χ3n) is 2.93. The van der Waals surface area contributed by atoms with E-state index in [0.29, 0.717) is 5.92 Å². The van der Waals surface area contributed by atoms with Crippen molar-refractivity contribution in [3.05, 3.63) is 71.8 Å². The van der Waals surface area contributed by atoms with Crippen LogP contribution in [-0.2, 0) is 0 Å². The molecule has 0 fully saturated rings. The minimum Gasteiger partial charge on any atom is -0.131 e. The molecule has 17 heavy (non-hydrogen) atoms. The topological polar surface area (TPSA) is 0 Å².